The normalized spacial score (nSPS) is 33.2. The van der Waals surface area contributed by atoms with Crippen molar-refractivity contribution in [1.82, 2.24) is 41.1 Å². The predicted molar refractivity (Wildman–Crippen MR) is 261 cm³/mol. The first-order chi connectivity index (χ1) is 33.0. The molecule has 11 rings (SSSR count). The molecule has 6 N–H and O–H groups in total. The minimum Gasteiger partial charge on any atom is -0.389 e. The Bertz CT molecular complexity index is 2230. The van der Waals surface area contributed by atoms with Gasteiger partial charge in [0.05, 0.1) is 30.4 Å². The molecule has 2 aromatic rings. The zero-order valence-corrected chi connectivity index (χ0v) is 40.0. The van der Waals surface area contributed by atoms with Crippen LogP contribution in [-0.2, 0) is 20.9 Å². The van der Waals surface area contributed by atoms with Gasteiger partial charge in [-0.25, -0.2) is 0 Å². The molecule has 4 amide bonds. The maximum Gasteiger partial charge on any atom is 0.255 e. The zero-order valence-electron chi connectivity index (χ0n) is 40.0. The fraction of sp³-hybridized carbons (Fsp3) is 0.654. The maximum atomic E-state index is 13.8. The van der Waals surface area contributed by atoms with Crippen LogP contribution in [0.1, 0.15) is 113 Å². The van der Waals surface area contributed by atoms with Crippen LogP contribution in [0.25, 0.3) is 0 Å². The second kappa shape index (κ2) is 19.0. The van der Waals surface area contributed by atoms with E-state index in [0.717, 1.165) is 87.6 Å². The van der Waals surface area contributed by atoms with Gasteiger partial charge in [-0.15, -0.1) is 0 Å². The molecule has 1 spiro atoms. The summed E-state index contributed by atoms with van der Waals surface area (Å²) in [4.78, 5) is 60.7. The van der Waals surface area contributed by atoms with E-state index in [9.17, 15) is 24.3 Å². The summed E-state index contributed by atoms with van der Waals surface area (Å²) in [5.41, 5.74) is 4.71. The van der Waals surface area contributed by atoms with Crippen LogP contribution >= 0.6 is 0 Å². The van der Waals surface area contributed by atoms with Crippen LogP contribution in [0.5, 0.6) is 0 Å². The van der Waals surface area contributed by atoms with Crippen LogP contribution < -0.4 is 36.4 Å². The lowest BCUT2D eigenvalue weighted by atomic mass is 9.71. The Morgan fingerprint density at radius 1 is 0.809 bits per heavy atom. The first-order valence-electron chi connectivity index (χ1n) is 26.1. The van der Waals surface area contributed by atoms with E-state index < -0.39 is 11.6 Å². The van der Waals surface area contributed by atoms with E-state index in [-0.39, 0.29) is 60.6 Å². The second-order valence-corrected chi connectivity index (χ2v) is 21.9. The van der Waals surface area contributed by atoms with E-state index in [1.807, 2.05) is 24.1 Å². The summed E-state index contributed by atoms with van der Waals surface area (Å²) < 4.78 is 0. The monoisotopic (exact) mass is 932 g/mol. The third-order valence-corrected chi connectivity index (χ3v) is 17.7. The van der Waals surface area contributed by atoms with Gasteiger partial charge in [0.25, 0.3) is 5.91 Å². The number of allylic oxidation sites excluding steroid dienone is 1. The molecule has 366 valence electrons. The summed E-state index contributed by atoms with van der Waals surface area (Å²) in [6.45, 7) is 11.3. The Balaban J connectivity index is 0.612. The average Bonchev–Trinajstić information content (AvgIpc) is 3.82. The second-order valence-electron chi connectivity index (χ2n) is 21.9. The van der Waals surface area contributed by atoms with Crippen LogP contribution in [0.3, 0.4) is 0 Å². The molecule has 7 atom stereocenters. The number of carbonyl (C=O) groups is 4. The van der Waals surface area contributed by atoms with Crippen LogP contribution in [0.15, 0.2) is 54.6 Å². The third-order valence-electron chi connectivity index (χ3n) is 17.7. The minimum absolute atomic E-state index is 0.0131. The number of amides is 4. The summed E-state index contributed by atoms with van der Waals surface area (Å²) >= 11 is 0. The molecule has 7 fully saturated rings. The summed E-state index contributed by atoms with van der Waals surface area (Å²) in [5, 5.41) is 32.7. The lowest BCUT2D eigenvalue weighted by molar-refractivity contribution is -0.146. The van der Waals surface area contributed by atoms with Crippen LogP contribution in [0, 0.1) is 17.3 Å². The number of likely N-dealkylation sites (tertiary alicyclic amines) is 1. The number of rotatable bonds is 8. The van der Waals surface area contributed by atoms with E-state index >= 15 is 0 Å². The number of hydrazine groups is 1. The summed E-state index contributed by atoms with van der Waals surface area (Å²) in [5.74, 6) is -0.0595. The molecule has 0 aromatic heterocycles. The number of carbonyl (C=O) groups excluding carboxylic acids is 4. The number of hydrogen-bond donors (Lipinski definition) is 6. The fourth-order valence-corrected chi connectivity index (χ4v) is 13.2. The molecule has 9 aliphatic heterocycles. The maximum absolute atomic E-state index is 13.8. The van der Waals surface area contributed by atoms with E-state index in [0.29, 0.717) is 43.5 Å². The Morgan fingerprint density at radius 2 is 1.56 bits per heavy atom. The van der Waals surface area contributed by atoms with Crippen LogP contribution in [0.2, 0.25) is 0 Å². The third kappa shape index (κ3) is 9.16. The van der Waals surface area contributed by atoms with Gasteiger partial charge in [0, 0.05) is 74.4 Å². The highest BCUT2D eigenvalue weighted by Gasteiger charge is 2.53. The van der Waals surface area contributed by atoms with E-state index in [2.05, 4.69) is 88.8 Å². The van der Waals surface area contributed by atoms with Gasteiger partial charge in [-0.05, 0) is 163 Å². The van der Waals surface area contributed by atoms with Gasteiger partial charge in [0.1, 0.15) is 12.3 Å². The molecule has 16 heteroatoms. The number of nitrogens with zero attached hydrogens (tertiary/aromatic N) is 6. The average molecular weight is 932 g/mol. The van der Waals surface area contributed by atoms with Crippen molar-refractivity contribution in [3.05, 3.63) is 65.7 Å². The first-order valence-corrected chi connectivity index (χ1v) is 26.1. The topological polar surface area (TPSA) is 168 Å². The van der Waals surface area contributed by atoms with Crippen molar-refractivity contribution in [3.8, 4) is 0 Å². The van der Waals surface area contributed by atoms with Crippen molar-refractivity contribution in [2.45, 2.75) is 140 Å². The molecule has 0 saturated carbocycles. The summed E-state index contributed by atoms with van der Waals surface area (Å²) in [7, 11) is 0. The number of nitrogens with one attached hydrogen (secondary N) is 5. The van der Waals surface area contributed by atoms with Gasteiger partial charge in [0.2, 0.25) is 17.7 Å². The van der Waals surface area contributed by atoms with Gasteiger partial charge in [0.15, 0.2) is 0 Å². The quantitative estimate of drug-likeness (QED) is 0.167. The van der Waals surface area contributed by atoms with Crippen molar-refractivity contribution in [2.75, 3.05) is 74.0 Å². The van der Waals surface area contributed by atoms with Gasteiger partial charge >= 0.3 is 0 Å². The van der Waals surface area contributed by atoms with Gasteiger partial charge in [-0.2, -0.15) is 5.01 Å². The molecule has 0 radical (unpaired) electrons. The van der Waals surface area contributed by atoms with Crippen molar-refractivity contribution >= 4 is 40.7 Å². The Labute approximate surface area is 401 Å². The highest BCUT2D eigenvalue weighted by molar-refractivity contribution is 6.05. The minimum atomic E-state index is -0.802. The Morgan fingerprint density at radius 3 is 2.34 bits per heavy atom. The largest absolute Gasteiger partial charge is 0.389 e. The molecule has 68 heavy (non-hydrogen) atoms. The van der Waals surface area contributed by atoms with E-state index in [1.165, 1.54) is 57.4 Å². The van der Waals surface area contributed by atoms with Gasteiger partial charge in [-0.3, -0.25) is 45.5 Å². The molecule has 16 nitrogen and oxygen atoms in total. The summed E-state index contributed by atoms with van der Waals surface area (Å²) in [6, 6.07) is 14.5. The number of fused-ring (bicyclic) bond motifs is 7. The smallest absolute Gasteiger partial charge is 0.255 e. The molecule has 7 saturated heterocycles. The van der Waals surface area contributed by atoms with Crippen LogP contribution in [-0.4, -0.2) is 144 Å². The SMILES string of the molecule is C[C@@]1(O)CC/C=C\CN2C(=O)C3CNC(Nc4ccc(N5CCC6(CCN(CCC7CCN(c8ccc9c(c8)C(=O)N(C8CCC(=O)NC8=O)C9)CC7)CC6)CC5)cc4)NC3N2C2CCCC1N2. The highest BCUT2D eigenvalue weighted by Crippen LogP contribution is 2.43. The number of piperidine rings is 5. The molecular formula is C52H73N11O5. The Kier molecular flexibility index (Phi) is 12.8. The first kappa shape index (κ1) is 45.8. The number of hydrogen-bond acceptors (Lipinski definition) is 13. The van der Waals surface area contributed by atoms with Crippen LogP contribution in [0.4, 0.5) is 17.1 Å². The molecule has 0 aliphatic carbocycles. The molecule has 9 heterocycles. The molecule has 9 aliphatic rings. The lowest BCUT2D eigenvalue weighted by Crippen LogP contribution is -2.69. The number of anilines is 3. The van der Waals surface area contributed by atoms with Gasteiger partial charge < -0.3 is 30.0 Å². The number of aliphatic hydroxyl groups is 1. The zero-order chi connectivity index (χ0) is 46.6. The Hall–Kier alpha value is -4.58. The van der Waals surface area contributed by atoms with Crippen molar-refractivity contribution in [3.63, 3.8) is 0 Å². The fourth-order valence-electron chi connectivity index (χ4n) is 13.2. The predicted octanol–water partition coefficient (Wildman–Crippen LogP) is 3.90. The molecule has 2 bridgehead atoms. The van der Waals surface area contributed by atoms with E-state index in [4.69, 9.17) is 0 Å². The number of imide groups is 1. The van der Waals surface area contributed by atoms with Gasteiger partial charge in [-0.1, -0.05) is 18.2 Å². The highest BCUT2D eigenvalue weighted by atomic mass is 16.3. The molecular weight excluding hydrogens is 859 g/mol. The molecule has 6 unspecified atom stereocenters. The van der Waals surface area contributed by atoms with E-state index in [1.54, 1.807) is 4.90 Å². The van der Waals surface area contributed by atoms with Crippen molar-refractivity contribution < 1.29 is 24.3 Å². The molecule has 2 aromatic carbocycles. The summed E-state index contributed by atoms with van der Waals surface area (Å²) in [6.07, 6.45) is 17.5. The number of benzene rings is 2. The standard InChI is InChI=1S/C52H73N11O5/c1-51(68)19-3-2-4-24-62-49(67)41-33-53-50(57-46(41)63(62)44-7-5-6-43(51)55-44)54-37-9-12-38(13-10-37)60-30-22-52(23-31-60)20-28-58(29-21-52)25-16-35-17-26-59(27-18-35)39-11-8-36-34-61(48(66)40(36)32-39)42-14-15-45(64)56-47(42)65/h2,4,8-13,32,35,41-44,46,50,53-55,57,68H,3,5-7,14-31,33-34H2,1H3,(H,56,64,65)/b4-2-/t41?,42?,43?,44?,46?,50?,51-/m1/s1. The lowest BCUT2D eigenvalue weighted by Gasteiger charge is -2.47. The van der Waals surface area contributed by atoms with Crippen molar-refractivity contribution in [2.24, 2.45) is 17.3 Å². The van der Waals surface area contributed by atoms with Crippen molar-refractivity contribution in [1.29, 1.82) is 0 Å².